The van der Waals surface area contributed by atoms with E-state index in [0.717, 1.165) is 5.69 Å². The summed E-state index contributed by atoms with van der Waals surface area (Å²) in [6.45, 7) is 3.80. The van der Waals surface area contributed by atoms with Gasteiger partial charge in [0, 0.05) is 18.9 Å². The summed E-state index contributed by atoms with van der Waals surface area (Å²) in [7, 11) is 1.75. The van der Waals surface area contributed by atoms with Gasteiger partial charge in [-0.05, 0) is 26.0 Å². The van der Waals surface area contributed by atoms with Gasteiger partial charge in [0.2, 0.25) is 5.43 Å². The molecule has 0 aliphatic rings. The van der Waals surface area contributed by atoms with Gasteiger partial charge in [0.15, 0.2) is 0 Å². The Morgan fingerprint density at radius 3 is 2.83 bits per heavy atom. The number of carbonyl (C=O) groups is 1. The molecule has 0 radical (unpaired) electrons. The van der Waals surface area contributed by atoms with E-state index in [1.807, 2.05) is 6.92 Å². The summed E-state index contributed by atoms with van der Waals surface area (Å²) in [4.78, 5) is 28.1. The van der Waals surface area contributed by atoms with E-state index in [4.69, 9.17) is 4.74 Å². The lowest BCUT2D eigenvalue weighted by molar-refractivity contribution is 0.0524. The quantitative estimate of drug-likeness (QED) is 0.752. The number of esters is 1. The maximum Gasteiger partial charge on any atom is 0.343 e. The first kappa shape index (κ1) is 12.3. The summed E-state index contributed by atoms with van der Waals surface area (Å²) in [5, 5.41) is 0.425. The summed E-state index contributed by atoms with van der Waals surface area (Å²) < 4.78 is 6.53. The average Bonchev–Trinajstić information content (AvgIpc) is 2.34. The van der Waals surface area contributed by atoms with Gasteiger partial charge in [0.25, 0.3) is 0 Å². The smallest absolute Gasteiger partial charge is 0.343 e. The number of carbonyl (C=O) groups excluding carboxylic acids is 1. The highest BCUT2D eigenvalue weighted by atomic mass is 16.5. The van der Waals surface area contributed by atoms with Gasteiger partial charge >= 0.3 is 5.97 Å². The van der Waals surface area contributed by atoms with Crippen molar-refractivity contribution in [3.63, 3.8) is 0 Å². The molecular formula is C13H14N2O3. The molecule has 0 fully saturated rings. The molecule has 2 aromatic rings. The third kappa shape index (κ3) is 1.99. The van der Waals surface area contributed by atoms with Gasteiger partial charge in [-0.2, -0.15) is 0 Å². The first-order valence-corrected chi connectivity index (χ1v) is 5.68. The molecular weight excluding hydrogens is 232 g/mol. The lowest BCUT2D eigenvalue weighted by Gasteiger charge is -2.08. The van der Waals surface area contributed by atoms with Gasteiger partial charge in [-0.1, -0.05) is 0 Å². The van der Waals surface area contributed by atoms with Crippen molar-refractivity contribution >= 4 is 17.0 Å². The number of aryl methyl sites for hydroxylation is 2. The number of rotatable bonds is 2. The van der Waals surface area contributed by atoms with Crippen LogP contribution in [0, 0.1) is 6.92 Å². The van der Waals surface area contributed by atoms with Gasteiger partial charge in [-0.15, -0.1) is 0 Å². The lowest BCUT2D eigenvalue weighted by Crippen LogP contribution is -2.20. The molecule has 0 atom stereocenters. The Morgan fingerprint density at radius 1 is 1.44 bits per heavy atom. The van der Waals surface area contributed by atoms with E-state index in [1.165, 1.54) is 6.20 Å². The number of aromatic nitrogens is 2. The van der Waals surface area contributed by atoms with Crippen molar-refractivity contribution in [2.45, 2.75) is 13.8 Å². The Balaban J connectivity index is 2.73. The van der Waals surface area contributed by atoms with Crippen molar-refractivity contribution in [2.75, 3.05) is 6.61 Å². The van der Waals surface area contributed by atoms with Crippen LogP contribution in [0.5, 0.6) is 0 Å². The zero-order chi connectivity index (χ0) is 13.3. The molecule has 0 saturated heterocycles. The molecule has 0 amide bonds. The average molecular weight is 246 g/mol. The molecule has 0 unspecified atom stereocenters. The zero-order valence-electron chi connectivity index (χ0n) is 10.6. The molecule has 94 valence electrons. The highest BCUT2D eigenvalue weighted by Crippen LogP contribution is 2.10. The van der Waals surface area contributed by atoms with Crippen molar-refractivity contribution in [3.05, 3.63) is 39.8 Å². The number of hydrogen-bond acceptors (Lipinski definition) is 4. The maximum absolute atomic E-state index is 12.2. The molecule has 2 aromatic heterocycles. The fraction of sp³-hybridized carbons (Fsp3) is 0.308. The third-order valence-electron chi connectivity index (χ3n) is 2.66. The molecule has 5 nitrogen and oxygen atoms in total. The van der Waals surface area contributed by atoms with Crippen LogP contribution in [0.15, 0.2) is 23.1 Å². The highest BCUT2D eigenvalue weighted by Gasteiger charge is 2.15. The van der Waals surface area contributed by atoms with Crippen LogP contribution in [0.2, 0.25) is 0 Å². The van der Waals surface area contributed by atoms with Crippen molar-refractivity contribution in [1.82, 2.24) is 9.55 Å². The highest BCUT2D eigenvalue weighted by molar-refractivity contribution is 5.93. The number of pyridine rings is 2. The number of fused-ring (bicyclic) bond motifs is 1. The van der Waals surface area contributed by atoms with Crippen LogP contribution in [0.1, 0.15) is 23.0 Å². The molecule has 0 aromatic carbocycles. The first-order valence-electron chi connectivity index (χ1n) is 5.68. The van der Waals surface area contributed by atoms with Gasteiger partial charge < -0.3 is 9.30 Å². The largest absolute Gasteiger partial charge is 0.462 e. The van der Waals surface area contributed by atoms with Gasteiger partial charge in [-0.3, -0.25) is 4.79 Å². The second kappa shape index (κ2) is 4.60. The molecule has 18 heavy (non-hydrogen) atoms. The van der Waals surface area contributed by atoms with Gasteiger partial charge in [0.1, 0.15) is 11.2 Å². The molecule has 0 bridgehead atoms. The van der Waals surface area contributed by atoms with E-state index in [9.17, 15) is 9.59 Å². The fourth-order valence-electron chi connectivity index (χ4n) is 1.80. The monoisotopic (exact) mass is 246 g/mol. The third-order valence-corrected chi connectivity index (χ3v) is 2.66. The van der Waals surface area contributed by atoms with Crippen LogP contribution in [-0.4, -0.2) is 22.1 Å². The molecule has 0 aliphatic heterocycles. The molecule has 0 aliphatic carbocycles. The van der Waals surface area contributed by atoms with E-state index >= 15 is 0 Å². The van der Waals surface area contributed by atoms with E-state index in [-0.39, 0.29) is 17.6 Å². The Kier molecular flexibility index (Phi) is 3.14. The molecule has 0 N–H and O–H groups in total. The van der Waals surface area contributed by atoms with E-state index in [2.05, 4.69) is 4.98 Å². The zero-order valence-corrected chi connectivity index (χ0v) is 10.6. The van der Waals surface area contributed by atoms with Crippen LogP contribution in [0.3, 0.4) is 0 Å². The van der Waals surface area contributed by atoms with Crippen LogP contribution in [0.4, 0.5) is 0 Å². The maximum atomic E-state index is 12.2. The second-order valence-electron chi connectivity index (χ2n) is 4.03. The number of hydrogen-bond donors (Lipinski definition) is 0. The fourth-order valence-corrected chi connectivity index (χ4v) is 1.80. The SMILES string of the molecule is CCOC(=O)c1cn(C)c2nc(C)ccc2c1=O. The number of ether oxygens (including phenoxy) is 1. The molecule has 0 saturated carbocycles. The second-order valence-corrected chi connectivity index (χ2v) is 4.03. The van der Waals surface area contributed by atoms with Crippen LogP contribution in [-0.2, 0) is 11.8 Å². The predicted molar refractivity (Wildman–Crippen MR) is 67.7 cm³/mol. The summed E-state index contributed by atoms with van der Waals surface area (Å²) in [6.07, 6.45) is 1.47. The normalized spacial score (nSPS) is 10.6. The Labute approximate surface area is 104 Å². The van der Waals surface area contributed by atoms with Crippen molar-refractivity contribution in [1.29, 1.82) is 0 Å². The number of nitrogens with zero attached hydrogens (tertiary/aromatic N) is 2. The van der Waals surface area contributed by atoms with E-state index < -0.39 is 5.97 Å². The topological polar surface area (TPSA) is 61.2 Å². The van der Waals surface area contributed by atoms with Crippen LogP contribution in [0.25, 0.3) is 11.0 Å². The molecule has 5 heteroatoms. The summed E-state index contributed by atoms with van der Waals surface area (Å²) >= 11 is 0. The Bertz CT molecular complexity index is 674. The first-order chi connectivity index (χ1) is 8.54. The van der Waals surface area contributed by atoms with Crippen LogP contribution < -0.4 is 5.43 Å². The lowest BCUT2D eigenvalue weighted by atomic mass is 10.2. The van der Waals surface area contributed by atoms with Crippen molar-refractivity contribution in [3.8, 4) is 0 Å². The van der Waals surface area contributed by atoms with E-state index in [1.54, 1.807) is 30.7 Å². The Morgan fingerprint density at radius 2 is 2.17 bits per heavy atom. The minimum atomic E-state index is -0.597. The molecule has 2 heterocycles. The van der Waals surface area contributed by atoms with Gasteiger partial charge in [-0.25, -0.2) is 9.78 Å². The predicted octanol–water partition coefficient (Wildman–Crippen LogP) is 1.42. The van der Waals surface area contributed by atoms with Crippen molar-refractivity contribution < 1.29 is 9.53 Å². The minimum absolute atomic E-state index is 0.0394. The van der Waals surface area contributed by atoms with Gasteiger partial charge in [0.05, 0.1) is 12.0 Å². The minimum Gasteiger partial charge on any atom is -0.462 e. The summed E-state index contributed by atoms with van der Waals surface area (Å²) in [5.74, 6) is -0.597. The molecule has 0 spiro atoms. The van der Waals surface area contributed by atoms with E-state index in [0.29, 0.717) is 11.0 Å². The van der Waals surface area contributed by atoms with Crippen molar-refractivity contribution in [2.24, 2.45) is 7.05 Å². The summed E-state index contributed by atoms with van der Waals surface area (Å²) in [6, 6.07) is 3.43. The summed E-state index contributed by atoms with van der Waals surface area (Å²) in [5.41, 5.74) is 1.08. The molecule has 2 rings (SSSR count). The standard InChI is InChI=1S/C13H14N2O3/c1-4-18-13(17)10-7-15(3)12-9(11(10)16)6-5-8(2)14-12/h5-7H,4H2,1-3H3. The Hall–Kier alpha value is -2.17. The van der Waals surface area contributed by atoms with Crippen LogP contribution >= 0.6 is 0 Å².